The van der Waals surface area contributed by atoms with Gasteiger partial charge in [-0.1, -0.05) is 37.3 Å². The van der Waals surface area contributed by atoms with Gasteiger partial charge in [0, 0.05) is 13.1 Å². The number of rotatable bonds is 3. The normalized spacial score (nSPS) is 19.0. The molecule has 0 radical (unpaired) electrons. The molecule has 0 N–H and O–H groups in total. The minimum absolute atomic E-state index is 0.0178. The summed E-state index contributed by atoms with van der Waals surface area (Å²) in [5.74, 6) is 1.11. The molecule has 0 bridgehead atoms. The van der Waals surface area contributed by atoms with Crippen LogP contribution in [0.4, 0.5) is 0 Å². The van der Waals surface area contributed by atoms with E-state index in [1.54, 1.807) is 6.92 Å². The first kappa shape index (κ1) is 15.4. The van der Waals surface area contributed by atoms with Gasteiger partial charge in [-0.05, 0) is 47.7 Å². The van der Waals surface area contributed by atoms with Gasteiger partial charge in [0.05, 0.1) is 0 Å². The molecular weight excluding hydrogens is 290 g/mol. The van der Waals surface area contributed by atoms with Crippen LogP contribution in [-0.2, 0) is 4.79 Å². The maximum atomic E-state index is 13.0. The topological polar surface area (TPSA) is 63.9 Å². The molecule has 1 atom stereocenters. The van der Waals surface area contributed by atoms with Crippen LogP contribution in [0.15, 0.2) is 30.3 Å². The molecule has 1 aromatic carbocycles. The molecule has 1 saturated heterocycles. The van der Waals surface area contributed by atoms with Gasteiger partial charge in [0.1, 0.15) is 5.70 Å². The van der Waals surface area contributed by atoms with E-state index in [0.29, 0.717) is 17.4 Å². The summed E-state index contributed by atoms with van der Waals surface area (Å²) in [6.45, 7) is 5.55. The van der Waals surface area contributed by atoms with Crippen molar-refractivity contribution in [2.75, 3.05) is 13.1 Å². The van der Waals surface area contributed by atoms with Crippen molar-refractivity contribution in [3.05, 3.63) is 41.7 Å². The maximum Gasteiger partial charge on any atom is 0.272 e. The third-order valence-corrected chi connectivity index (χ3v) is 4.12. The van der Waals surface area contributed by atoms with Gasteiger partial charge in [-0.25, -0.2) is 0 Å². The molecule has 0 spiro atoms. The van der Waals surface area contributed by atoms with Crippen LogP contribution in [0.3, 0.4) is 0 Å². The molecule has 3 rings (SSSR count). The van der Waals surface area contributed by atoms with Crippen LogP contribution in [0.2, 0.25) is 0 Å². The Morgan fingerprint density at radius 2 is 2.09 bits per heavy atom. The second-order valence-corrected chi connectivity index (χ2v) is 6.08. The zero-order valence-corrected chi connectivity index (χ0v) is 13.5. The van der Waals surface area contributed by atoms with Gasteiger partial charge >= 0.3 is 0 Å². The summed E-state index contributed by atoms with van der Waals surface area (Å²) in [6.07, 6.45) is 4.07. The average molecular weight is 311 g/mol. The molecule has 1 aliphatic rings. The molecule has 1 aromatic heterocycles. The number of aromatic nitrogens is 4. The lowest BCUT2D eigenvalue weighted by molar-refractivity contribution is -0.127. The summed E-state index contributed by atoms with van der Waals surface area (Å²) in [4.78, 5) is 14.9. The highest BCUT2D eigenvalue weighted by atomic mass is 16.2. The second-order valence-electron chi connectivity index (χ2n) is 6.08. The molecule has 0 saturated carbocycles. The predicted octanol–water partition coefficient (Wildman–Crippen LogP) is 2.24. The van der Waals surface area contributed by atoms with Crippen LogP contribution in [0.25, 0.3) is 11.8 Å². The largest absolute Gasteiger partial charge is 0.337 e. The predicted molar refractivity (Wildman–Crippen MR) is 88.1 cm³/mol. The van der Waals surface area contributed by atoms with Crippen molar-refractivity contribution in [3.8, 4) is 0 Å². The molecule has 1 amide bonds. The van der Waals surface area contributed by atoms with Crippen molar-refractivity contribution >= 4 is 17.7 Å². The van der Waals surface area contributed by atoms with Gasteiger partial charge in [0.25, 0.3) is 5.91 Å². The van der Waals surface area contributed by atoms with Gasteiger partial charge < -0.3 is 4.90 Å². The minimum Gasteiger partial charge on any atom is -0.337 e. The number of piperidine rings is 1. The van der Waals surface area contributed by atoms with Crippen LogP contribution in [0.5, 0.6) is 0 Å². The highest BCUT2D eigenvalue weighted by Gasteiger charge is 2.26. The third kappa shape index (κ3) is 3.47. The van der Waals surface area contributed by atoms with Gasteiger partial charge in [-0.15, -0.1) is 5.10 Å². The Labute approximate surface area is 135 Å². The Kier molecular flexibility index (Phi) is 4.50. The van der Waals surface area contributed by atoms with E-state index in [2.05, 4.69) is 22.4 Å². The Balaban J connectivity index is 1.97. The number of carbonyl (C=O) groups excluding carboxylic acids is 1. The number of hydrogen-bond acceptors (Lipinski definition) is 4. The van der Waals surface area contributed by atoms with Crippen LogP contribution >= 0.6 is 0 Å². The number of likely N-dealkylation sites (tertiary alicyclic amines) is 1. The Morgan fingerprint density at radius 3 is 2.74 bits per heavy atom. The molecule has 23 heavy (non-hydrogen) atoms. The van der Waals surface area contributed by atoms with E-state index < -0.39 is 0 Å². The van der Waals surface area contributed by atoms with Gasteiger partial charge in [0.15, 0.2) is 5.82 Å². The molecule has 120 valence electrons. The highest BCUT2D eigenvalue weighted by Crippen LogP contribution is 2.20. The number of amides is 1. The van der Waals surface area contributed by atoms with Crippen LogP contribution in [-0.4, -0.2) is 44.1 Å². The molecule has 6 nitrogen and oxygen atoms in total. The van der Waals surface area contributed by atoms with Crippen molar-refractivity contribution in [2.24, 2.45) is 5.92 Å². The maximum absolute atomic E-state index is 13.0. The fraction of sp³-hybridized carbons (Fsp3) is 0.412. The van der Waals surface area contributed by atoms with Crippen LogP contribution in [0.1, 0.15) is 31.2 Å². The number of tetrazole rings is 1. The van der Waals surface area contributed by atoms with E-state index in [0.717, 1.165) is 25.1 Å². The number of carbonyl (C=O) groups is 1. The zero-order valence-electron chi connectivity index (χ0n) is 13.5. The fourth-order valence-electron chi connectivity index (χ4n) is 2.91. The molecule has 0 unspecified atom stereocenters. The van der Waals surface area contributed by atoms with E-state index in [1.165, 1.54) is 11.1 Å². The van der Waals surface area contributed by atoms with Crippen molar-refractivity contribution in [3.63, 3.8) is 0 Å². The number of benzene rings is 1. The molecular formula is C17H21N5O. The molecule has 2 aromatic rings. The lowest BCUT2D eigenvalue weighted by Gasteiger charge is -2.31. The lowest BCUT2D eigenvalue weighted by atomic mass is 10.00. The molecule has 2 heterocycles. The summed E-state index contributed by atoms with van der Waals surface area (Å²) in [5, 5.41) is 11.6. The zero-order chi connectivity index (χ0) is 16.2. The SMILES string of the molecule is Cc1nnnn1/C(=C/c1ccccc1)C(=O)N1CCC[C@@H](C)C1. The fourth-order valence-corrected chi connectivity index (χ4v) is 2.91. The first-order valence-electron chi connectivity index (χ1n) is 7.96. The summed E-state index contributed by atoms with van der Waals surface area (Å²) >= 11 is 0. The quantitative estimate of drug-likeness (QED) is 0.816. The summed E-state index contributed by atoms with van der Waals surface area (Å²) in [5.41, 5.74) is 1.45. The first-order chi connectivity index (χ1) is 11.1. The summed E-state index contributed by atoms with van der Waals surface area (Å²) in [6, 6.07) is 9.78. The van der Waals surface area contributed by atoms with Gasteiger partial charge in [-0.3, -0.25) is 4.79 Å². The Bertz CT molecular complexity index is 707. The van der Waals surface area contributed by atoms with E-state index >= 15 is 0 Å². The number of aryl methyl sites for hydroxylation is 1. The molecule has 1 fully saturated rings. The highest BCUT2D eigenvalue weighted by molar-refractivity contribution is 6.18. The van der Waals surface area contributed by atoms with E-state index in [9.17, 15) is 4.79 Å². The van der Waals surface area contributed by atoms with Crippen LogP contribution < -0.4 is 0 Å². The standard InChI is InChI=1S/C17H21N5O/c1-13-7-6-10-21(12-13)17(23)16(22-14(2)18-19-20-22)11-15-8-4-3-5-9-15/h3-5,8-9,11,13H,6-7,10,12H2,1-2H3/b16-11+/t13-/m1/s1. The third-order valence-electron chi connectivity index (χ3n) is 4.12. The minimum atomic E-state index is -0.0178. The van der Waals surface area contributed by atoms with Crippen molar-refractivity contribution in [2.45, 2.75) is 26.7 Å². The number of nitrogens with zero attached hydrogens (tertiary/aromatic N) is 5. The van der Waals surface area contributed by atoms with Gasteiger partial charge in [0.2, 0.25) is 0 Å². The second kappa shape index (κ2) is 6.73. The monoisotopic (exact) mass is 311 g/mol. The molecule has 0 aliphatic carbocycles. The Morgan fingerprint density at radius 1 is 1.30 bits per heavy atom. The first-order valence-corrected chi connectivity index (χ1v) is 7.96. The van der Waals surface area contributed by atoms with Crippen molar-refractivity contribution in [1.29, 1.82) is 0 Å². The Hall–Kier alpha value is -2.50. The van der Waals surface area contributed by atoms with Crippen LogP contribution in [0, 0.1) is 12.8 Å². The average Bonchev–Trinajstić information content (AvgIpc) is 2.99. The van der Waals surface area contributed by atoms with Crippen molar-refractivity contribution in [1.82, 2.24) is 25.1 Å². The number of hydrogen-bond donors (Lipinski definition) is 0. The van der Waals surface area contributed by atoms with E-state index in [-0.39, 0.29) is 5.91 Å². The molecule has 6 heteroatoms. The molecule has 1 aliphatic heterocycles. The summed E-state index contributed by atoms with van der Waals surface area (Å²) < 4.78 is 1.52. The lowest BCUT2D eigenvalue weighted by Crippen LogP contribution is -2.40. The van der Waals surface area contributed by atoms with Crippen molar-refractivity contribution < 1.29 is 4.79 Å². The van der Waals surface area contributed by atoms with Gasteiger partial charge in [-0.2, -0.15) is 4.68 Å². The van der Waals surface area contributed by atoms with E-state index in [4.69, 9.17) is 0 Å². The summed E-state index contributed by atoms with van der Waals surface area (Å²) in [7, 11) is 0. The smallest absolute Gasteiger partial charge is 0.272 e. The van der Waals surface area contributed by atoms with E-state index in [1.807, 2.05) is 41.3 Å².